The topological polar surface area (TPSA) is 81.7 Å². The van der Waals surface area contributed by atoms with E-state index in [0.29, 0.717) is 17.0 Å². The smallest absolute Gasteiger partial charge is 0.337 e. The first-order valence-corrected chi connectivity index (χ1v) is 8.21. The predicted octanol–water partition coefficient (Wildman–Crippen LogP) is 2.59. The van der Waals surface area contributed by atoms with Gasteiger partial charge in [-0.3, -0.25) is 4.72 Å². The second-order valence-electron chi connectivity index (χ2n) is 4.81. The Labute approximate surface area is 135 Å². The molecular formula is C16H17NO5S. The van der Waals surface area contributed by atoms with Gasteiger partial charge in [0.25, 0.3) is 10.0 Å². The zero-order valence-electron chi connectivity index (χ0n) is 13.0. The van der Waals surface area contributed by atoms with E-state index in [0.717, 1.165) is 0 Å². The van der Waals surface area contributed by atoms with Crippen LogP contribution in [0.1, 0.15) is 15.9 Å². The van der Waals surface area contributed by atoms with Crippen LogP contribution in [0.25, 0.3) is 0 Å². The first-order chi connectivity index (χ1) is 10.9. The summed E-state index contributed by atoms with van der Waals surface area (Å²) in [5, 5.41) is 0. The van der Waals surface area contributed by atoms with Crippen molar-refractivity contribution in [3.05, 3.63) is 53.6 Å². The lowest BCUT2D eigenvalue weighted by molar-refractivity contribution is 0.0600. The fraction of sp³-hybridized carbons (Fsp3) is 0.188. The molecule has 2 rings (SSSR count). The first-order valence-electron chi connectivity index (χ1n) is 6.73. The highest BCUT2D eigenvalue weighted by Crippen LogP contribution is 2.23. The maximum Gasteiger partial charge on any atom is 0.337 e. The molecule has 2 aromatic carbocycles. The number of carbonyl (C=O) groups excluding carboxylic acids is 1. The van der Waals surface area contributed by atoms with E-state index in [1.807, 2.05) is 0 Å². The van der Waals surface area contributed by atoms with Crippen LogP contribution in [-0.4, -0.2) is 28.6 Å². The van der Waals surface area contributed by atoms with Gasteiger partial charge in [0.2, 0.25) is 0 Å². The van der Waals surface area contributed by atoms with Crippen LogP contribution in [0.15, 0.2) is 47.4 Å². The Morgan fingerprint density at radius 3 is 2.48 bits per heavy atom. The number of hydrogen-bond acceptors (Lipinski definition) is 5. The number of hydrogen-bond donors (Lipinski definition) is 1. The molecule has 23 heavy (non-hydrogen) atoms. The zero-order valence-corrected chi connectivity index (χ0v) is 13.8. The number of nitrogens with one attached hydrogen (secondary N) is 1. The van der Waals surface area contributed by atoms with Crippen molar-refractivity contribution in [2.75, 3.05) is 18.9 Å². The van der Waals surface area contributed by atoms with Gasteiger partial charge < -0.3 is 9.47 Å². The summed E-state index contributed by atoms with van der Waals surface area (Å²) in [6, 6.07) is 10.9. The van der Waals surface area contributed by atoms with Crippen LogP contribution in [-0.2, 0) is 14.8 Å². The Hall–Kier alpha value is -2.54. The van der Waals surface area contributed by atoms with Crippen LogP contribution in [0.2, 0.25) is 0 Å². The van der Waals surface area contributed by atoms with Crippen molar-refractivity contribution in [1.29, 1.82) is 0 Å². The number of benzene rings is 2. The molecule has 1 N–H and O–H groups in total. The SMILES string of the molecule is COC(=O)c1ccc(C)c(S(=O)(=O)Nc2cccc(OC)c2)c1. The second-order valence-corrected chi connectivity index (χ2v) is 6.46. The average Bonchev–Trinajstić information content (AvgIpc) is 2.54. The lowest BCUT2D eigenvalue weighted by Crippen LogP contribution is -2.15. The van der Waals surface area contributed by atoms with Crippen molar-refractivity contribution in [2.24, 2.45) is 0 Å². The standard InChI is InChI=1S/C16H17NO5S/c1-11-7-8-12(16(18)22-3)9-15(11)23(19,20)17-13-5-4-6-14(10-13)21-2/h4-10,17H,1-3H3. The molecule has 6 nitrogen and oxygen atoms in total. The van der Waals surface area contributed by atoms with Crippen LogP contribution < -0.4 is 9.46 Å². The van der Waals surface area contributed by atoms with E-state index in [1.54, 1.807) is 37.3 Å². The minimum atomic E-state index is -3.85. The monoisotopic (exact) mass is 335 g/mol. The van der Waals surface area contributed by atoms with Gasteiger partial charge in [-0.15, -0.1) is 0 Å². The van der Waals surface area contributed by atoms with Crippen molar-refractivity contribution in [3.8, 4) is 5.75 Å². The Morgan fingerprint density at radius 2 is 1.83 bits per heavy atom. The van der Waals surface area contributed by atoms with Crippen LogP contribution in [0.3, 0.4) is 0 Å². The molecule has 0 unspecified atom stereocenters. The average molecular weight is 335 g/mol. The summed E-state index contributed by atoms with van der Waals surface area (Å²) in [6.07, 6.45) is 0. The second kappa shape index (κ2) is 6.70. The maximum absolute atomic E-state index is 12.6. The van der Waals surface area contributed by atoms with E-state index in [2.05, 4.69) is 9.46 Å². The van der Waals surface area contributed by atoms with Crippen LogP contribution in [0.5, 0.6) is 5.75 Å². The number of rotatable bonds is 5. The molecule has 0 saturated carbocycles. The maximum atomic E-state index is 12.6. The van der Waals surface area contributed by atoms with Gasteiger partial charge >= 0.3 is 5.97 Å². The Balaban J connectivity index is 2.40. The van der Waals surface area contributed by atoms with Crippen LogP contribution in [0.4, 0.5) is 5.69 Å². The van der Waals surface area contributed by atoms with Crippen molar-refractivity contribution >= 4 is 21.7 Å². The molecule has 2 aromatic rings. The van der Waals surface area contributed by atoms with E-state index in [9.17, 15) is 13.2 Å². The molecule has 122 valence electrons. The van der Waals surface area contributed by atoms with Crippen LogP contribution >= 0.6 is 0 Å². The van der Waals surface area contributed by atoms with Crippen molar-refractivity contribution in [1.82, 2.24) is 0 Å². The third-order valence-corrected chi connectivity index (χ3v) is 4.74. The largest absolute Gasteiger partial charge is 0.497 e. The molecule has 0 aliphatic rings. The summed E-state index contributed by atoms with van der Waals surface area (Å²) < 4.78 is 37.3. The minimum absolute atomic E-state index is 0.0169. The number of carbonyl (C=O) groups is 1. The molecule has 0 atom stereocenters. The van der Waals surface area contributed by atoms with E-state index in [-0.39, 0.29) is 10.5 Å². The van der Waals surface area contributed by atoms with E-state index < -0.39 is 16.0 Å². The molecule has 0 heterocycles. The minimum Gasteiger partial charge on any atom is -0.497 e. The Morgan fingerprint density at radius 1 is 1.09 bits per heavy atom. The molecule has 0 radical (unpaired) electrons. The molecular weight excluding hydrogens is 318 g/mol. The molecule has 0 fully saturated rings. The fourth-order valence-corrected chi connectivity index (χ4v) is 3.35. The van der Waals surface area contributed by atoms with Gasteiger partial charge in [-0.1, -0.05) is 12.1 Å². The van der Waals surface area contributed by atoms with Gasteiger partial charge in [0.15, 0.2) is 0 Å². The number of aryl methyl sites for hydroxylation is 1. The Kier molecular flexibility index (Phi) is 4.90. The fourth-order valence-electron chi connectivity index (χ4n) is 2.03. The van der Waals surface area contributed by atoms with Gasteiger partial charge in [0.05, 0.1) is 30.4 Å². The van der Waals surface area contributed by atoms with Gasteiger partial charge in [-0.05, 0) is 36.8 Å². The highest BCUT2D eigenvalue weighted by molar-refractivity contribution is 7.92. The number of methoxy groups -OCH3 is 2. The van der Waals surface area contributed by atoms with Gasteiger partial charge in [-0.2, -0.15) is 0 Å². The van der Waals surface area contributed by atoms with Gasteiger partial charge in [0.1, 0.15) is 5.75 Å². The third kappa shape index (κ3) is 3.81. The summed E-state index contributed by atoms with van der Waals surface area (Å²) in [7, 11) is -1.11. The Bertz CT molecular complexity index is 830. The zero-order chi connectivity index (χ0) is 17.0. The van der Waals surface area contributed by atoms with Crippen molar-refractivity contribution in [3.63, 3.8) is 0 Å². The van der Waals surface area contributed by atoms with E-state index in [1.165, 1.54) is 26.4 Å². The van der Waals surface area contributed by atoms with Crippen molar-refractivity contribution < 1.29 is 22.7 Å². The molecule has 7 heteroatoms. The molecule has 0 aliphatic carbocycles. The van der Waals surface area contributed by atoms with Crippen LogP contribution in [0, 0.1) is 6.92 Å². The summed E-state index contributed by atoms with van der Waals surface area (Å²) in [4.78, 5) is 11.6. The molecule has 0 spiro atoms. The lowest BCUT2D eigenvalue weighted by Gasteiger charge is -2.12. The number of esters is 1. The number of anilines is 1. The molecule has 0 saturated heterocycles. The third-order valence-electron chi connectivity index (χ3n) is 3.22. The summed E-state index contributed by atoms with van der Waals surface area (Å²) in [5.74, 6) is -0.0620. The summed E-state index contributed by atoms with van der Waals surface area (Å²) >= 11 is 0. The van der Waals surface area contributed by atoms with Crippen molar-refractivity contribution in [2.45, 2.75) is 11.8 Å². The summed E-state index contributed by atoms with van der Waals surface area (Å²) in [6.45, 7) is 1.65. The van der Waals surface area contributed by atoms with Gasteiger partial charge in [-0.25, -0.2) is 13.2 Å². The normalized spacial score (nSPS) is 10.9. The molecule has 0 aliphatic heterocycles. The molecule has 0 aromatic heterocycles. The van der Waals surface area contributed by atoms with E-state index in [4.69, 9.17) is 4.74 Å². The van der Waals surface area contributed by atoms with Gasteiger partial charge in [0, 0.05) is 6.07 Å². The summed E-state index contributed by atoms with van der Waals surface area (Å²) in [5.41, 5.74) is 1.06. The first kappa shape index (κ1) is 16.8. The molecule has 0 bridgehead atoms. The number of sulfonamides is 1. The lowest BCUT2D eigenvalue weighted by atomic mass is 10.1. The van der Waals surface area contributed by atoms with E-state index >= 15 is 0 Å². The highest BCUT2D eigenvalue weighted by Gasteiger charge is 2.19. The predicted molar refractivity (Wildman–Crippen MR) is 86.3 cm³/mol. The number of ether oxygens (including phenoxy) is 2. The molecule has 0 amide bonds. The quantitative estimate of drug-likeness (QED) is 0.849. The highest BCUT2D eigenvalue weighted by atomic mass is 32.2.